The van der Waals surface area contributed by atoms with Crippen LogP contribution in [0, 0.1) is 10.5 Å². The van der Waals surface area contributed by atoms with Crippen molar-refractivity contribution in [2.45, 2.75) is 6.92 Å². The Balaban J connectivity index is 1.87. The summed E-state index contributed by atoms with van der Waals surface area (Å²) in [6.45, 7) is 1.90. The number of halogens is 1. The molecule has 104 valence electrons. The molecule has 1 N–H and O–H groups in total. The van der Waals surface area contributed by atoms with Gasteiger partial charge in [-0.2, -0.15) is 0 Å². The molecule has 0 saturated carbocycles. The molecule has 6 heteroatoms. The number of nitrogens with one attached hydrogen (secondary N) is 1. The van der Waals surface area contributed by atoms with Crippen molar-refractivity contribution < 1.29 is 4.79 Å². The van der Waals surface area contributed by atoms with Gasteiger partial charge in [-0.15, -0.1) is 0 Å². The van der Waals surface area contributed by atoms with Gasteiger partial charge >= 0.3 is 0 Å². The average Bonchev–Trinajstić information content (AvgIpc) is 2.50. The molecule has 0 aliphatic heterocycles. The molecule has 0 radical (unpaired) electrons. The zero-order valence-corrected chi connectivity index (χ0v) is 13.3. The zero-order chi connectivity index (χ0) is 14.8. The van der Waals surface area contributed by atoms with Crippen molar-refractivity contribution >= 4 is 45.3 Å². The average molecular weight is 390 g/mol. The minimum atomic E-state index is -0.247. The topological polar surface area (TPSA) is 67.8 Å². The molecule has 0 spiro atoms. The molecule has 0 atom stereocenters. The summed E-state index contributed by atoms with van der Waals surface area (Å²) in [5, 5.41) is 2.77. The minimum absolute atomic E-state index is 0.247. The summed E-state index contributed by atoms with van der Waals surface area (Å²) >= 11 is 2.20. The zero-order valence-electron chi connectivity index (χ0n) is 11.2. The lowest BCUT2D eigenvalue weighted by molar-refractivity contribution is 0.102. The van der Waals surface area contributed by atoms with Crippen LogP contribution in [0.3, 0.4) is 0 Å². The van der Waals surface area contributed by atoms with E-state index < -0.39 is 0 Å². The molecule has 0 bridgehead atoms. The maximum absolute atomic E-state index is 12.2. The smallest absolute Gasteiger partial charge is 0.258 e. The van der Waals surface area contributed by atoms with E-state index in [9.17, 15) is 4.79 Å². The van der Waals surface area contributed by atoms with Crippen molar-refractivity contribution in [2.24, 2.45) is 0 Å². The van der Waals surface area contributed by atoms with Crippen molar-refractivity contribution in [1.82, 2.24) is 15.0 Å². The predicted octanol–water partition coefficient (Wildman–Crippen LogP) is 3.19. The molecule has 3 aromatic heterocycles. The standard InChI is InChI=1S/C15H11IN4O/c1-9-11(16)4-5-14(19-9)20-15(21)10-7-13-12(18-8-10)3-2-6-17-13/h2-8H,1H3,(H,19,20,21). The van der Waals surface area contributed by atoms with Gasteiger partial charge in [0, 0.05) is 16.0 Å². The molecular weight excluding hydrogens is 379 g/mol. The summed E-state index contributed by atoms with van der Waals surface area (Å²) in [5.41, 5.74) is 2.79. The fraction of sp³-hybridized carbons (Fsp3) is 0.0667. The molecule has 0 aliphatic carbocycles. The Hall–Kier alpha value is -2.09. The summed E-state index contributed by atoms with van der Waals surface area (Å²) in [7, 11) is 0. The van der Waals surface area contributed by atoms with Crippen molar-refractivity contribution in [3.05, 3.63) is 57.6 Å². The molecule has 3 aromatic rings. The first kappa shape index (κ1) is 13.9. The Labute approximate surface area is 135 Å². The monoisotopic (exact) mass is 390 g/mol. The SMILES string of the molecule is Cc1nc(NC(=O)c2cnc3cccnc3c2)ccc1I. The summed E-state index contributed by atoms with van der Waals surface area (Å²) in [4.78, 5) is 25.0. The highest BCUT2D eigenvalue weighted by Crippen LogP contribution is 2.14. The number of aromatic nitrogens is 3. The number of anilines is 1. The van der Waals surface area contributed by atoms with Crippen LogP contribution >= 0.6 is 22.6 Å². The second-order valence-electron chi connectivity index (χ2n) is 4.48. The van der Waals surface area contributed by atoms with E-state index in [1.165, 1.54) is 0 Å². The quantitative estimate of drug-likeness (QED) is 0.683. The van der Waals surface area contributed by atoms with Crippen molar-refractivity contribution in [2.75, 3.05) is 5.32 Å². The molecule has 0 aromatic carbocycles. The van der Waals surface area contributed by atoms with Gasteiger partial charge in [-0.05, 0) is 59.8 Å². The number of carbonyl (C=O) groups is 1. The second kappa shape index (κ2) is 5.72. The largest absolute Gasteiger partial charge is 0.307 e. The Morgan fingerprint density at radius 1 is 1.19 bits per heavy atom. The van der Waals surface area contributed by atoms with Crippen LogP contribution in [0.4, 0.5) is 5.82 Å². The van der Waals surface area contributed by atoms with Crippen LogP contribution in [-0.2, 0) is 0 Å². The van der Waals surface area contributed by atoms with Crippen molar-refractivity contribution in [3.63, 3.8) is 0 Å². The van der Waals surface area contributed by atoms with E-state index in [0.717, 1.165) is 14.8 Å². The van der Waals surface area contributed by atoms with Gasteiger partial charge in [0.1, 0.15) is 5.82 Å². The van der Waals surface area contributed by atoms with Crippen molar-refractivity contribution in [3.8, 4) is 0 Å². The number of aryl methyl sites for hydroxylation is 1. The molecule has 21 heavy (non-hydrogen) atoms. The van der Waals surface area contributed by atoms with E-state index in [1.54, 1.807) is 24.5 Å². The van der Waals surface area contributed by atoms with Crippen LogP contribution in [0.25, 0.3) is 11.0 Å². The van der Waals surface area contributed by atoms with E-state index >= 15 is 0 Å². The van der Waals surface area contributed by atoms with E-state index in [0.29, 0.717) is 16.9 Å². The van der Waals surface area contributed by atoms with Crippen LogP contribution in [0.2, 0.25) is 0 Å². The maximum atomic E-state index is 12.2. The number of hydrogen-bond donors (Lipinski definition) is 1. The number of amides is 1. The van der Waals surface area contributed by atoms with Gasteiger partial charge in [0.25, 0.3) is 5.91 Å². The highest BCUT2D eigenvalue weighted by Gasteiger charge is 2.09. The van der Waals surface area contributed by atoms with Crippen LogP contribution < -0.4 is 5.32 Å². The number of rotatable bonds is 2. The summed E-state index contributed by atoms with van der Waals surface area (Å²) in [6, 6.07) is 9.08. The third-order valence-electron chi connectivity index (χ3n) is 2.98. The van der Waals surface area contributed by atoms with Gasteiger partial charge in [-0.1, -0.05) is 0 Å². The fourth-order valence-corrected chi connectivity index (χ4v) is 2.18. The summed E-state index contributed by atoms with van der Waals surface area (Å²) in [6.07, 6.45) is 3.22. The van der Waals surface area contributed by atoms with Crippen LogP contribution in [0.5, 0.6) is 0 Å². The molecular formula is C15H11IN4O. The lowest BCUT2D eigenvalue weighted by Crippen LogP contribution is -2.13. The van der Waals surface area contributed by atoms with Crippen LogP contribution in [0.1, 0.15) is 16.1 Å². The molecule has 5 nitrogen and oxygen atoms in total. The molecule has 0 unspecified atom stereocenters. The van der Waals surface area contributed by atoms with E-state index in [1.807, 2.05) is 25.1 Å². The first-order valence-electron chi connectivity index (χ1n) is 6.29. The normalized spacial score (nSPS) is 10.6. The first-order chi connectivity index (χ1) is 10.1. The molecule has 3 rings (SSSR count). The third kappa shape index (κ3) is 2.99. The number of pyridine rings is 3. The summed E-state index contributed by atoms with van der Waals surface area (Å²) < 4.78 is 1.06. The van der Waals surface area contributed by atoms with Gasteiger partial charge in [0.2, 0.25) is 0 Å². The lowest BCUT2D eigenvalue weighted by Gasteiger charge is -2.06. The minimum Gasteiger partial charge on any atom is -0.307 e. The predicted molar refractivity (Wildman–Crippen MR) is 89.2 cm³/mol. The van der Waals surface area contributed by atoms with Crippen LogP contribution in [-0.4, -0.2) is 20.9 Å². The number of fused-ring (bicyclic) bond motifs is 1. The Kier molecular flexibility index (Phi) is 3.78. The first-order valence-corrected chi connectivity index (χ1v) is 7.36. The highest BCUT2D eigenvalue weighted by atomic mass is 127. The molecule has 0 aliphatic rings. The van der Waals surface area contributed by atoms with E-state index in [4.69, 9.17) is 0 Å². The maximum Gasteiger partial charge on any atom is 0.258 e. The van der Waals surface area contributed by atoms with Crippen LogP contribution in [0.15, 0.2) is 42.7 Å². The van der Waals surface area contributed by atoms with E-state index in [2.05, 4.69) is 42.9 Å². The molecule has 0 fully saturated rings. The summed E-state index contributed by atoms with van der Waals surface area (Å²) in [5.74, 6) is 0.280. The Morgan fingerprint density at radius 2 is 2.05 bits per heavy atom. The van der Waals surface area contributed by atoms with Gasteiger partial charge in [-0.3, -0.25) is 14.8 Å². The lowest BCUT2D eigenvalue weighted by atomic mass is 10.2. The number of nitrogens with zero attached hydrogens (tertiary/aromatic N) is 3. The fourth-order valence-electron chi connectivity index (χ4n) is 1.88. The molecule has 0 saturated heterocycles. The van der Waals surface area contributed by atoms with Gasteiger partial charge in [0.15, 0.2) is 0 Å². The van der Waals surface area contributed by atoms with Gasteiger partial charge in [-0.25, -0.2) is 4.98 Å². The van der Waals surface area contributed by atoms with Crippen molar-refractivity contribution in [1.29, 1.82) is 0 Å². The second-order valence-corrected chi connectivity index (χ2v) is 5.65. The molecule has 3 heterocycles. The Morgan fingerprint density at radius 3 is 2.86 bits per heavy atom. The van der Waals surface area contributed by atoms with Gasteiger partial charge < -0.3 is 5.32 Å². The van der Waals surface area contributed by atoms with E-state index in [-0.39, 0.29) is 5.91 Å². The highest BCUT2D eigenvalue weighted by molar-refractivity contribution is 14.1. The van der Waals surface area contributed by atoms with Gasteiger partial charge in [0.05, 0.1) is 22.3 Å². The molecule has 1 amide bonds. The third-order valence-corrected chi connectivity index (χ3v) is 4.12. The Bertz CT molecular complexity index is 835. The number of hydrogen-bond acceptors (Lipinski definition) is 4. The number of carbonyl (C=O) groups excluding carboxylic acids is 1.